The topological polar surface area (TPSA) is 86.3 Å². The summed E-state index contributed by atoms with van der Waals surface area (Å²) in [4.78, 5) is 10.7. The van der Waals surface area contributed by atoms with Crippen molar-refractivity contribution in [1.29, 1.82) is 0 Å². The average Bonchev–Trinajstić information content (AvgIpc) is 2.42. The first-order valence-electron chi connectivity index (χ1n) is 5.90. The molecule has 0 atom stereocenters. The molecule has 0 aliphatic rings. The van der Waals surface area contributed by atoms with Gasteiger partial charge in [0.1, 0.15) is 0 Å². The second-order valence-electron chi connectivity index (χ2n) is 4.38. The molecule has 2 aromatic rings. The Bertz CT molecular complexity index is 802. The van der Waals surface area contributed by atoms with Gasteiger partial charge in [0.05, 0.1) is 16.6 Å². The zero-order valence-electron chi connectivity index (χ0n) is 11.0. The van der Waals surface area contributed by atoms with E-state index in [4.69, 9.17) is 0 Å². The van der Waals surface area contributed by atoms with Crippen LogP contribution in [-0.4, -0.2) is 14.4 Å². The molecule has 0 saturated carbocycles. The van der Waals surface area contributed by atoms with Gasteiger partial charge in [-0.2, -0.15) is 0 Å². The van der Waals surface area contributed by atoms with E-state index in [0.29, 0.717) is 5.69 Å². The van der Waals surface area contributed by atoms with Crippen LogP contribution in [0.25, 0.3) is 0 Å². The van der Waals surface area contributed by atoms with Crippen LogP contribution in [0, 0.1) is 6.92 Å². The van der Waals surface area contributed by atoms with E-state index in [1.54, 1.807) is 25.1 Å². The number of hydrogen-bond acceptors (Lipinski definition) is 4. The molecule has 2 rings (SSSR count). The molecule has 0 fully saturated rings. The monoisotopic (exact) mass is 368 g/mol. The second-order valence-corrected chi connectivity index (χ2v) is 6.98. The number of carbonyl (C=O) groups excluding carboxylic acids is 1. The summed E-state index contributed by atoms with van der Waals surface area (Å²) in [6.45, 7) is 1.76. The molecular formula is C14H11BrNO4S-. The van der Waals surface area contributed by atoms with E-state index in [1.807, 2.05) is 0 Å². The third kappa shape index (κ3) is 3.62. The van der Waals surface area contributed by atoms with Crippen molar-refractivity contribution >= 4 is 37.6 Å². The molecule has 7 heteroatoms. The van der Waals surface area contributed by atoms with Crippen LogP contribution in [0.15, 0.2) is 51.8 Å². The SMILES string of the molecule is Cc1cc(Br)ccc1NS(=O)(=O)c1cccc(C(=O)[O-])c1. The molecule has 0 heterocycles. The fraction of sp³-hybridized carbons (Fsp3) is 0.0714. The number of carboxylic acid groups (broad SMARTS) is 1. The fourth-order valence-electron chi connectivity index (χ4n) is 1.74. The average molecular weight is 369 g/mol. The van der Waals surface area contributed by atoms with Gasteiger partial charge in [0.15, 0.2) is 0 Å². The number of aryl methyl sites for hydroxylation is 1. The summed E-state index contributed by atoms with van der Waals surface area (Å²) in [7, 11) is -3.86. The van der Waals surface area contributed by atoms with Crippen molar-refractivity contribution in [1.82, 2.24) is 0 Å². The molecule has 0 radical (unpaired) electrons. The minimum atomic E-state index is -3.86. The number of aromatic carboxylic acids is 1. The van der Waals surface area contributed by atoms with Crippen molar-refractivity contribution in [3.05, 3.63) is 58.1 Å². The molecule has 0 aliphatic carbocycles. The number of hydrogen-bond donors (Lipinski definition) is 1. The molecule has 0 aromatic heterocycles. The standard InChI is InChI=1S/C14H12BrNO4S/c1-9-7-11(15)5-6-13(9)16-21(19,20)12-4-2-3-10(8-12)14(17)18/h2-8,16H,1H3,(H,17,18)/p-1. The van der Waals surface area contributed by atoms with Gasteiger partial charge in [-0.25, -0.2) is 8.42 Å². The number of nitrogens with one attached hydrogen (secondary N) is 1. The number of carboxylic acids is 1. The van der Waals surface area contributed by atoms with Crippen molar-refractivity contribution in [3.63, 3.8) is 0 Å². The summed E-state index contributed by atoms with van der Waals surface area (Å²) in [5.41, 5.74) is 0.978. The first-order chi connectivity index (χ1) is 9.79. The van der Waals surface area contributed by atoms with E-state index >= 15 is 0 Å². The molecule has 1 N–H and O–H groups in total. The smallest absolute Gasteiger partial charge is 0.261 e. The van der Waals surface area contributed by atoms with Gasteiger partial charge in [-0.15, -0.1) is 0 Å². The van der Waals surface area contributed by atoms with E-state index < -0.39 is 16.0 Å². The van der Waals surface area contributed by atoms with Crippen LogP contribution in [0.4, 0.5) is 5.69 Å². The maximum atomic E-state index is 12.3. The normalized spacial score (nSPS) is 11.1. The van der Waals surface area contributed by atoms with Gasteiger partial charge in [-0.3, -0.25) is 4.72 Å². The number of anilines is 1. The van der Waals surface area contributed by atoms with Crippen LogP contribution in [-0.2, 0) is 10.0 Å². The number of halogens is 1. The Balaban J connectivity index is 2.38. The molecule has 0 spiro atoms. The minimum absolute atomic E-state index is 0.133. The van der Waals surface area contributed by atoms with Gasteiger partial charge in [0.25, 0.3) is 10.0 Å². The Hall–Kier alpha value is -1.86. The van der Waals surface area contributed by atoms with Crippen molar-refractivity contribution < 1.29 is 18.3 Å². The molecule has 0 saturated heterocycles. The summed E-state index contributed by atoms with van der Waals surface area (Å²) in [5, 5.41) is 10.8. The molecule has 0 bridgehead atoms. The molecule has 0 aliphatic heterocycles. The molecule has 2 aromatic carbocycles. The Morgan fingerprint density at radius 3 is 2.52 bits per heavy atom. The zero-order chi connectivity index (χ0) is 15.6. The molecule has 5 nitrogen and oxygen atoms in total. The molecule has 110 valence electrons. The number of sulfonamides is 1. The number of rotatable bonds is 4. The first-order valence-corrected chi connectivity index (χ1v) is 8.17. The van der Waals surface area contributed by atoms with Gasteiger partial charge in [0.2, 0.25) is 0 Å². The van der Waals surface area contributed by atoms with Gasteiger partial charge in [-0.1, -0.05) is 28.1 Å². The Kier molecular flexibility index (Phi) is 4.34. The summed E-state index contributed by atoms with van der Waals surface area (Å²) in [6.07, 6.45) is 0. The highest BCUT2D eigenvalue weighted by atomic mass is 79.9. The number of benzene rings is 2. The maximum Gasteiger partial charge on any atom is 0.261 e. The van der Waals surface area contributed by atoms with Gasteiger partial charge in [-0.05, 0) is 48.4 Å². The maximum absolute atomic E-state index is 12.3. The minimum Gasteiger partial charge on any atom is -0.545 e. The van der Waals surface area contributed by atoms with Crippen molar-refractivity contribution in [2.45, 2.75) is 11.8 Å². The Labute approximate surface area is 130 Å². The van der Waals surface area contributed by atoms with Crippen molar-refractivity contribution in [2.75, 3.05) is 4.72 Å². The highest BCUT2D eigenvalue weighted by molar-refractivity contribution is 9.10. The molecular weight excluding hydrogens is 358 g/mol. The summed E-state index contributed by atoms with van der Waals surface area (Å²) in [6, 6.07) is 10.1. The quantitative estimate of drug-likeness (QED) is 0.892. The van der Waals surface area contributed by atoms with Crippen molar-refractivity contribution in [3.8, 4) is 0 Å². The lowest BCUT2D eigenvalue weighted by Gasteiger charge is -2.12. The van der Waals surface area contributed by atoms with Gasteiger partial charge in [0, 0.05) is 4.47 Å². The van der Waals surface area contributed by atoms with Crippen LogP contribution < -0.4 is 9.83 Å². The van der Waals surface area contributed by atoms with Crippen LogP contribution in [0.1, 0.15) is 15.9 Å². The summed E-state index contributed by atoms with van der Waals surface area (Å²) < 4.78 is 27.8. The lowest BCUT2D eigenvalue weighted by Crippen LogP contribution is -2.23. The third-order valence-corrected chi connectivity index (χ3v) is 4.67. The fourth-order valence-corrected chi connectivity index (χ4v) is 3.39. The lowest BCUT2D eigenvalue weighted by atomic mass is 10.2. The van der Waals surface area contributed by atoms with E-state index in [-0.39, 0.29) is 10.5 Å². The van der Waals surface area contributed by atoms with Crippen LogP contribution in [0.2, 0.25) is 0 Å². The largest absolute Gasteiger partial charge is 0.545 e. The summed E-state index contributed by atoms with van der Waals surface area (Å²) >= 11 is 3.30. The molecule has 21 heavy (non-hydrogen) atoms. The Morgan fingerprint density at radius 2 is 1.90 bits per heavy atom. The van der Waals surface area contributed by atoms with Crippen LogP contribution >= 0.6 is 15.9 Å². The highest BCUT2D eigenvalue weighted by Crippen LogP contribution is 2.23. The predicted molar refractivity (Wildman–Crippen MR) is 80.5 cm³/mol. The van der Waals surface area contributed by atoms with E-state index in [9.17, 15) is 18.3 Å². The third-order valence-electron chi connectivity index (χ3n) is 2.81. The van der Waals surface area contributed by atoms with E-state index in [0.717, 1.165) is 16.1 Å². The molecule has 0 amide bonds. The number of carbonyl (C=O) groups is 1. The second kappa shape index (κ2) is 5.87. The molecule has 0 unspecified atom stereocenters. The first kappa shape index (κ1) is 15.5. The zero-order valence-corrected chi connectivity index (χ0v) is 13.4. The van der Waals surface area contributed by atoms with Crippen LogP contribution in [0.3, 0.4) is 0 Å². The van der Waals surface area contributed by atoms with Crippen molar-refractivity contribution in [2.24, 2.45) is 0 Å². The van der Waals surface area contributed by atoms with Crippen LogP contribution in [0.5, 0.6) is 0 Å². The van der Waals surface area contributed by atoms with Gasteiger partial charge >= 0.3 is 0 Å². The lowest BCUT2D eigenvalue weighted by molar-refractivity contribution is -0.255. The van der Waals surface area contributed by atoms with Gasteiger partial charge < -0.3 is 9.90 Å². The predicted octanol–water partition coefficient (Wildman–Crippen LogP) is 1.92. The highest BCUT2D eigenvalue weighted by Gasteiger charge is 2.16. The van der Waals surface area contributed by atoms with E-state index in [2.05, 4.69) is 20.7 Å². The van der Waals surface area contributed by atoms with E-state index in [1.165, 1.54) is 18.2 Å². The summed E-state index contributed by atoms with van der Waals surface area (Å²) in [5.74, 6) is -1.42. The Morgan fingerprint density at radius 1 is 1.19 bits per heavy atom.